The summed E-state index contributed by atoms with van der Waals surface area (Å²) in [6.45, 7) is 7.33. The largest absolute Gasteiger partial charge is 0.380 e. The van der Waals surface area contributed by atoms with Crippen molar-refractivity contribution >= 4 is 0 Å². The molecule has 2 atom stereocenters. The van der Waals surface area contributed by atoms with Crippen molar-refractivity contribution in [3.8, 4) is 0 Å². The Balaban J connectivity index is 0.000000461. The van der Waals surface area contributed by atoms with Crippen LogP contribution in [0.25, 0.3) is 0 Å². The molecule has 68 valence electrons. The fraction of sp³-hybridized carbons (Fsp3) is 1.00. The van der Waals surface area contributed by atoms with Crippen LogP contribution in [0.15, 0.2) is 0 Å². The third-order valence-electron chi connectivity index (χ3n) is 2.18. The average molecular weight is 159 g/mol. The molecule has 11 heavy (non-hydrogen) atoms. The lowest BCUT2D eigenvalue weighted by molar-refractivity contribution is 0.111. The lowest BCUT2D eigenvalue weighted by Gasteiger charge is -2.11. The lowest BCUT2D eigenvalue weighted by atomic mass is 10.2. The van der Waals surface area contributed by atoms with Crippen LogP contribution in [0.2, 0.25) is 0 Å². The molecule has 0 radical (unpaired) electrons. The Morgan fingerprint density at radius 3 is 2.09 bits per heavy atom. The van der Waals surface area contributed by atoms with E-state index in [1.807, 2.05) is 13.8 Å². The van der Waals surface area contributed by atoms with Gasteiger partial charge in [0.05, 0.1) is 6.10 Å². The van der Waals surface area contributed by atoms with Crippen molar-refractivity contribution in [3.05, 3.63) is 0 Å². The van der Waals surface area contributed by atoms with Gasteiger partial charge in [-0.3, -0.25) is 0 Å². The molecule has 1 aliphatic heterocycles. The van der Waals surface area contributed by atoms with E-state index >= 15 is 0 Å². The second-order valence-electron chi connectivity index (χ2n) is 2.88. The molecule has 1 fully saturated rings. The maximum absolute atomic E-state index is 5.21. The molecule has 0 amide bonds. The number of methoxy groups -OCH3 is 1. The standard InChI is InChI=1S/C7H15NO.C2H6/c1-6-4-7(9-3)5-8(6)2;1-2/h6-7H,4-5H2,1-3H3;1-2H3/t6-,7-;/m1./s1. The van der Waals surface area contributed by atoms with Gasteiger partial charge in [0.2, 0.25) is 0 Å². The Kier molecular flexibility index (Phi) is 5.51. The van der Waals surface area contributed by atoms with Crippen LogP contribution in [0.5, 0.6) is 0 Å². The molecule has 0 N–H and O–H groups in total. The van der Waals surface area contributed by atoms with E-state index in [0.717, 1.165) is 6.54 Å². The van der Waals surface area contributed by atoms with Crippen molar-refractivity contribution < 1.29 is 4.74 Å². The minimum atomic E-state index is 0.477. The molecule has 2 nitrogen and oxygen atoms in total. The Morgan fingerprint density at radius 2 is 1.91 bits per heavy atom. The number of hydrogen-bond acceptors (Lipinski definition) is 2. The van der Waals surface area contributed by atoms with E-state index < -0.39 is 0 Å². The van der Waals surface area contributed by atoms with E-state index in [4.69, 9.17) is 4.74 Å². The highest BCUT2D eigenvalue weighted by Gasteiger charge is 2.25. The van der Waals surface area contributed by atoms with Crippen molar-refractivity contribution in [1.82, 2.24) is 4.90 Å². The number of ether oxygens (including phenoxy) is 1. The van der Waals surface area contributed by atoms with Crippen LogP contribution in [0.3, 0.4) is 0 Å². The molecule has 0 spiro atoms. The molecule has 0 aromatic heterocycles. The second-order valence-corrected chi connectivity index (χ2v) is 2.88. The molecular weight excluding hydrogens is 138 g/mol. The SMILES string of the molecule is CC.CO[C@@H]1C[C@@H](C)N(C)C1. The predicted octanol–water partition coefficient (Wildman–Crippen LogP) is 1.75. The molecule has 1 heterocycles. The molecule has 1 rings (SSSR count). The number of hydrogen-bond donors (Lipinski definition) is 0. The van der Waals surface area contributed by atoms with Gasteiger partial charge in [-0.15, -0.1) is 0 Å². The monoisotopic (exact) mass is 159 g/mol. The number of rotatable bonds is 1. The maximum Gasteiger partial charge on any atom is 0.0713 e. The van der Waals surface area contributed by atoms with Crippen LogP contribution >= 0.6 is 0 Å². The highest BCUT2D eigenvalue weighted by atomic mass is 16.5. The van der Waals surface area contributed by atoms with Gasteiger partial charge in [-0.1, -0.05) is 13.8 Å². The van der Waals surface area contributed by atoms with E-state index in [9.17, 15) is 0 Å². The van der Waals surface area contributed by atoms with Gasteiger partial charge in [-0.05, 0) is 20.4 Å². The topological polar surface area (TPSA) is 12.5 Å². The maximum atomic E-state index is 5.21. The first kappa shape index (κ1) is 10.9. The summed E-state index contributed by atoms with van der Waals surface area (Å²) in [6.07, 6.45) is 1.66. The molecule has 1 saturated heterocycles. The molecule has 1 aliphatic rings. The third-order valence-corrected chi connectivity index (χ3v) is 2.18. The first-order valence-corrected chi connectivity index (χ1v) is 4.47. The van der Waals surface area contributed by atoms with Crippen LogP contribution in [-0.2, 0) is 4.74 Å². The first-order valence-electron chi connectivity index (χ1n) is 4.47. The summed E-state index contributed by atoms with van der Waals surface area (Å²) in [5.41, 5.74) is 0. The Labute approximate surface area is 70.5 Å². The summed E-state index contributed by atoms with van der Waals surface area (Å²) >= 11 is 0. The highest BCUT2D eigenvalue weighted by molar-refractivity contribution is 4.79. The fourth-order valence-electron chi connectivity index (χ4n) is 1.31. The van der Waals surface area contributed by atoms with Crippen molar-refractivity contribution in [2.45, 2.75) is 39.3 Å². The van der Waals surface area contributed by atoms with Crippen LogP contribution in [0.1, 0.15) is 27.2 Å². The van der Waals surface area contributed by atoms with E-state index in [1.165, 1.54) is 6.42 Å². The van der Waals surface area contributed by atoms with Gasteiger partial charge >= 0.3 is 0 Å². The molecule has 0 aliphatic carbocycles. The summed E-state index contributed by atoms with van der Waals surface area (Å²) in [5, 5.41) is 0. The third kappa shape index (κ3) is 3.21. The summed E-state index contributed by atoms with van der Waals surface area (Å²) in [4.78, 5) is 2.33. The minimum absolute atomic E-state index is 0.477. The van der Waals surface area contributed by atoms with Crippen LogP contribution in [0, 0.1) is 0 Å². The van der Waals surface area contributed by atoms with Gasteiger partial charge in [0.15, 0.2) is 0 Å². The van der Waals surface area contributed by atoms with Crippen molar-refractivity contribution in [1.29, 1.82) is 0 Å². The normalized spacial score (nSPS) is 31.4. The molecule has 0 bridgehead atoms. The van der Waals surface area contributed by atoms with Crippen LogP contribution in [-0.4, -0.2) is 37.7 Å². The first-order chi connectivity index (χ1) is 5.24. The smallest absolute Gasteiger partial charge is 0.0713 e. The van der Waals surface area contributed by atoms with Gasteiger partial charge in [0.1, 0.15) is 0 Å². The molecule has 0 saturated carbocycles. The number of nitrogens with zero attached hydrogens (tertiary/aromatic N) is 1. The molecule has 0 aromatic rings. The number of likely N-dealkylation sites (tertiary alicyclic amines) is 1. The van der Waals surface area contributed by atoms with E-state index in [-0.39, 0.29) is 0 Å². The zero-order valence-electron chi connectivity index (χ0n) is 8.42. The Bertz CT molecular complexity index is 85.6. The van der Waals surface area contributed by atoms with Gasteiger partial charge in [-0.25, -0.2) is 0 Å². The van der Waals surface area contributed by atoms with E-state index in [0.29, 0.717) is 12.1 Å². The minimum Gasteiger partial charge on any atom is -0.380 e. The van der Waals surface area contributed by atoms with E-state index in [1.54, 1.807) is 7.11 Å². The summed E-state index contributed by atoms with van der Waals surface area (Å²) in [5.74, 6) is 0. The lowest BCUT2D eigenvalue weighted by Crippen LogP contribution is -2.22. The quantitative estimate of drug-likeness (QED) is 0.578. The van der Waals surface area contributed by atoms with E-state index in [2.05, 4.69) is 18.9 Å². The molecule has 0 unspecified atom stereocenters. The molecule has 2 heteroatoms. The average Bonchev–Trinajstić information content (AvgIpc) is 2.36. The van der Waals surface area contributed by atoms with Crippen molar-refractivity contribution in [2.24, 2.45) is 0 Å². The van der Waals surface area contributed by atoms with Gasteiger partial charge < -0.3 is 9.64 Å². The van der Waals surface area contributed by atoms with Crippen LogP contribution < -0.4 is 0 Å². The van der Waals surface area contributed by atoms with Gasteiger partial charge in [-0.2, -0.15) is 0 Å². The van der Waals surface area contributed by atoms with Gasteiger partial charge in [0, 0.05) is 19.7 Å². The zero-order chi connectivity index (χ0) is 8.85. The van der Waals surface area contributed by atoms with Crippen LogP contribution in [0.4, 0.5) is 0 Å². The summed E-state index contributed by atoms with van der Waals surface area (Å²) in [7, 11) is 3.93. The summed E-state index contributed by atoms with van der Waals surface area (Å²) < 4.78 is 5.21. The Morgan fingerprint density at radius 1 is 1.36 bits per heavy atom. The highest BCUT2D eigenvalue weighted by Crippen LogP contribution is 2.16. The Hall–Kier alpha value is -0.0800. The summed E-state index contributed by atoms with van der Waals surface area (Å²) in [6, 6.07) is 0.704. The van der Waals surface area contributed by atoms with Gasteiger partial charge in [0.25, 0.3) is 0 Å². The van der Waals surface area contributed by atoms with Crippen molar-refractivity contribution in [2.75, 3.05) is 20.7 Å². The zero-order valence-corrected chi connectivity index (χ0v) is 8.42. The number of likely N-dealkylation sites (N-methyl/N-ethyl adjacent to an activating group) is 1. The predicted molar refractivity (Wildman–Crippen MR) is 48.9 cm³/mol. The molecule has 0 aromatic carbocycles. The molecular formula is C9H21NO. The fourth-order valence-corrected chi connectivity index (χ4v) is 1.31. The van der Waals surface area contributed by atoms with Crippen molar-refractivity contribution in [3.63, 3.8) is 0 Å². The second kappa shape index (κ2) is 5.56.